The van der Waals surface area contributed by atoms with Gasteiger partial charge in [0.1, 0.15) is 5.82 Å². The van der Waals surface area contributed by atoms with Crippen molar-refractivity contribution in [2.24, 2.45) is 0 Å². The molecule has 0 amide bonds. The van der Waals surface area contributed by atoms with E-state index in [1.807, 2.05) is 55.5 Å². The van der Waals surface area contributed by atoms with Gasteiger partial charge in [-0.2, -0.15) is 5.10 Å². The topological polar surface area (TPSA) is 66.0 Å². The molecule has 4 rings (SSSR count). The maximum Gasteiger partial charge on any atom is 0.328 e. The lowest BCUT2D eigenvalue weighted by Crippen LogP contribution is -1.97. The van der Waals surface area contributed by atoms with Crippen LogP contribution in [0.4, 0.5) is 4.39 Å². The largest absolute Gasteiger partial charge is 0.478 e. The number of nitrogens with zero attached hydrogens (tertiary/aromatic N) is 1. The first-order valence-corrected chi connectivity index (χ1v) is 10.00. The number of fused-ring (bicyclic) bond motifs is 1. The molecule has 154 valence electrons. The van der Waals surface area contributed by atoms with Crippen molar-refractivity contribution in [3.05, 3.63) is 107 Å². The van der Waals surface area contributed by atoms with E-state index < -0.39 is 5.97 Å². The van der Waals surface area contributed by atoms with Crippen LogP contribution in [0.5, 0.6) is 0 Å². The Morgan fingerprint density at radius 3 is 2.52 bits per heavy atom. The van der Waals surface area contributed by atoms with Gasteiger partial charge in [-0.3, -0.25) is 5.10 Å². The molecule has 0 saturated heterocycles. The van der Waals surface area contributed by atoms with E-state index in [2.05, 4.69) is 10.2 Å². The molecule has 2 N–H and O–H groups in total. The van der Waals surface area contributed by atoms with Crippen LogP contribution in [0, 0.1) is 5.82 Å². The number of benzene rings is 3. The highest BCUT2D eigenvalue weighted by Crippen LogP contribution is 2.36. The fraction of sp³-hybridized carbons (Fsp3) is 0.0769. The Labute approximate surface area is 179 Å². The summed E-state index contributed by atoms with van der Waals surface area (Å²) in [5, 5.41) is 16.9. The van der Waals surface area contributed by atoms with Crippen molar-refractivity contribution in [2.45, 2.75) is 13.3 Å². The van der Waals surface area contributed by atoms with Gasteiger partial charge in [0.2, 0.25) is 0 Å². The summed E-state index contributed by atoms with van der Waals surface area (Å²) in [6, 6.07) is 20.4. The molecule has 5 heteroatoms. The van der Waals surface area contributed by atoms with E-state index >= 15 is 0 Å². The van der Waals surface area contributed by atoms with Crippen LogP contribution in [0.1, 0.15) is 35.6 Å². The average Bonchev–Trinajstić information content (AvgIpc) is 3.25. The predicted octanol–water partition coefficient (Wildman–Crippen LogP) is 6.17. The summed E-state index contributed by atoms with van der Waals surface area (Å²) >= 11 is 0. The monoisotopic (exact) mass is 412 g/mol. The fourth-order valence-electron chi connectivity index (χ4n) is 3.75. The van der Waals surface area contributed by atoms with Crippen LogP contribution in [0.25, 0.3) is 28.1 Å². The Morgan fingerprint density at radius 1 is 1.06 bits per heavy atom. The molecule has 0 aliphatic carbocycles. The first kappa shape index (κ1) is 20.3. The van der Waals surface area contributed by atoms with Gasteiger partial charge < -0.3 is 5.11 Å². The smallest absolute Gasteiger partial charge is 0.328 e. The Morgan fingerprint density at radius 2 is 1.81 bits per heavy atom. The molecule has 1 heterocycles. The third-order valence-electron chi connectivity index (χ3n) is 5.20. The van der Waals surface area contributed by atoms with Gasteiger partial charge in [0.05, 0.1) is 11.7 Å². The molecule has 0 aliphatic rings. The second-order valence-corrected chi connectivity index (χ2v) is 7.15. The summed E-state index contributed by atoms with van der Waals surface area (Å²) < 4.78 is 14.7. The molecule has 0 bridgehead atoms. The summed E-state index contributed by atoms with van der Waals surface area (Å²) in [4.78, 5) is 10.8. The van der Waals surface area contributed by atoms with Crippen LogP contribution in [-0.2, 0) is 4.79 Å². The molecule has 0 saturated carbocycles. The van der Waals surface area contributed by atoms with E-state index in [4.69, 9.17) is 5.11 Å². The molecular formula is C26H21FN2O2. The zero-order valence-electron chi connectivity index (χ0n) is 17.0. The van der Waals surface area contributed by atoms with Gasteiger partial charge in [-0.1, -0.05) is 55.5 Å². The Hall–Kier alpha value is -3.99. The standard InChI is InChI=1S/C26H21FN2O2/c1-2-21(22-5-3-4-6-23(22)27)26(19-12-13-24-20(15-19)16-28-29-24)18-10-7-17(8-11-18)9-14-25(30)31/h3-16H,2H2,1H3,(H,28,29)(H,30,31). The van der Waals surface area contributed by atoms with E-state index in [9.17, 15) is 9.18 Å². The molecule has 4 aromatic rings. The Kier molecular flexibility index (Phi) is 5.76. The molecule has 0 fully saturated rings. The van der Waals surface area contributed by atoms with Crippen molar-refractivity contribution in [2.75, 3.05) is 0 Å². The highest BCUT2D eigenvalue weighted by atomic mass is 19.1. The van der Waals surface area contributed by atoms with Crippen molar-refractivity contribution in [3.8, 4) is 0 Å². The lowest BCUT2D eigenvalue weighted by atomic mass is 9.87. The van der Waals surface area contributed by atoms with Crippen LogP contribution in [0.2, 0.25) is 0 Å². The highest BCUT2D eigenvalue weighted by molar-refractivity contribution is 6.00. The minimum atomic E-state index is -0.995. The summed E-state index contributed by atoms with van der Waals surface area (Å²) in [6.07, 6.45) is 5.06. The minimum absolute atomic E-state index is 0.262. The number of carboxylic acid groups (broad SMARTS) is 1. The number of hydrogen-bond donors (Lipinski definition) is 2. The molecule has 3 aromatic carbocycles. The lowest BCUT2D eigenvalue weighted by Gasteiger charge is -2.17. The highest BCUT2D eigenvalue weighted by Gasteiger charge is 2.16. The molecule has 0 radical (unpaired) electrons. The van der Waals surface area contributed by atoms with Crippen LogP contribution in [0.3, 0.4) is 0 Å². The normalized spacial score (nSPS) is 12.3. The number of aliphatic carboxylic acids is 1. The predicted molar refractivity (Wildman–Crippen MR) is 122 cm³/mol. The summed E-state index contributed by atoms with van der Waals surface area (Å²) in [6.45, 7) is 2.02. The van der Waals surface area contributed by atoms with Crippen LogP contribution < -0.4 is 0 Å². The number of nitrogens with one attached hydrogen (secondary N) is 1. The Balaban J connectivity index is 1.92. The first-order chi connectivity index (χ1) is 15.1. The van der Waals surface area contributed by atoms with Crippen molar-refractivity contribution < 1.29 is 14.3 Å². The molecule has 0 aliphatic heterocycles. The summed E-state index contributed by atoms with van der Waals surface area (Å²) in [5.41, 5.74) is 6.00. The number of halogens is 1. The van der Waals surface area contributed by atoms with Gasteiger partial charge in [0.25, 0.3) is 0 Å². The van der Waals surface area contributed by atoms with Gasteiger partial charge in [-0.25, -0.2) is 9.18 Å². The van der Waals surface area contributed by atoms with Crippen molar-refractivity contribution >= 4 is 34.1 Å². The van der Waals surface area contributed by atoms with E-state index in [0.717, 1.165) is 44.8 Å². The maximum atomic E-state index is 14.7. The number of allylic oxidation sites excluding steroid dienone is 1. The number of carbonyl (C=O) groups is 1. The zero-order valence-corrected chi connectivity index (χ0v) is 17.0. The molecule has 0 spiro atoms. The van der Waals surface area contributed by atoms with Crippen molar-refractivity contribution in [3.63, 3.8) is 0 Å². The Bertz CT molecular complexity index is 1300. The van der Waals surface area contributed by atoms with E-state index in [1.165, 1.54) is 6.07 Å². The minimum Gasteiger partial charge on any atom is -0.478 e. The number of H-pyrrole nitrogens is 1. The molecule has 31 heavy (non-hydrogen) atoms. The number of rotatable bonds is 6. The molecule has 4 nitrogen and oxygen atoms in total. The van der Waals surface area contributed by atoms with Gasteiger partial charge in [-0.05, 0) is 58.5 Å². The third kappa shape index (κ3) is 4.31. The number of carboxylic acids is 1. The number of aromatic nitrogens is 2. The first-order valence-electron chi connectivity index (χ1n) is 10.00. The summed E-state index contributed by atoms with van der Waals surface area (Å²) in [5.74, 6) is -1.26. The molecule has 0 atom stereocenters. The molecule has 0 unspecified atom stereocenters. The van der Waals surface area contributed by atoms with Crippen molar-refractivity contribution in [1.82, 2.24) is 10.2 Å². The van der Waals surface area contributed by atoms with Crippen molar-refractivity contribution in [1.29, 1.82) is 0 Å². The second kappa shape index (κ2) is 8.79. The number of aromatic amines is 1. The van der Waals surface area contributed by atoms with Crippen LogP contribution >= 0.6 is 0 Å². The maximum absolute atomic E-state index is 14.7. The SMILES string of the molecule is CCC(=C(c1ccc(C=CC(=O)O)cc1)c1ccc2[nH]ncc2c1)c1ccccc1F. The third-order valence-corrected chi connectivity index (χ3v) is 5.20. The van der Waals surface area contributed by atoms with Crippen LogP contribution in [-0.4, -0.2) is 21.3 Å². The van der Waals surface area contributed by atoms with Gasteiger partial charge in [0.15, 0.2) is 0 Å². The molecule has 1 aromatic heterocycles. The lowest BCUT2D eigenvalue weighted by molar-refractivity contribution is -0.131. The average molecular weight is 412 g/mol. The van der Waals surface area contributed by atoms with E-state index in [0.29, 0.717) is 12.0 Å². The van der Waals surface area contributed by atoms with E-state index in [1.54, 1.807) is 24.4 Å². The van der Waals surface area contributed by atoms with Gasteiger partial charge >= 0.3 is 5.97 Å². The van der Waals surface area contributed by atoms with Gasteiger partial charge in [0, 0.05) is 17.0 Å². The quantitative estimate of drug-likeness (QED) is 0.294. The summed E-state index contributed by atoms with van der Waals surface area (Å²) in [7, 11) is 0. The van der Waals surface area contributed by atoms with E-state index in [-0.39, 0.29) is 5.82 Å². The van der Waals surface area contributed by atoms with Crippen LogP contribution in [0.15, 0.2) is 79.0 Å². The van der Waals surface area contributed by atoms with Gasteiger partial charge in [-0.15, -0.1) is 0 Å². The fourth-order valence-corrected chi connectivity index (χ4v) is 3.75. The second-order valence-electron chi connectivity index (χ2n) is 7.15. The zero-order chi connectivity index (χ0) is 21.8. The molecular weight excluding hydrogens is 391 g/mol. The number of hydrogen-bond acceptors (Lipinski definition) is 2.